The summed E-state index contributed by atoms with van der Waals surface area (Å²) < 4.78 is 6.24. The van der Waals surface area contributed by atoms with E-state index in [1.165, 1.54) is 5.56 Å². The molecule has 5 aromatic rings. The van der Waals surface area contributed by atoms with Gasteiger partial charge in [-0.2, -0.15) is 0 Å². The average molecular weight is 458 g/mol. The number of hydrogen-bond donors (Lipinski definition) is 1. The lowest BCUT2D eigenvalue weighted by atomic mass is 9.98. The topological polar surface area (TPSA) is 76.6 Å². The summed E-state index contributed by atoms with van der Waals surface area (Å²) in [6.07, 6.45) is 0.870. The predicted octanol–water partition coefficient (Wildman–Crippen LogP) is 5.95. The Morgan fingerprint density at radius 3 is 2.42 bits per heavy atom. The third kappa shape index (κ3) is 4.71. The van der Waals surface area contributed by atoms with Crippen LogP contribution < -0.4 is 4.74 Å². The number of aryl methyl sites for hydroxylation is 2. The number of halogens is 1. The molecule has 0 saturated carbocycles. The van der Waals surface area contributed by atoms with Crippen molar-refractivity contribution in [2.45, 2.75) is 26.9 Å². The van der Waals surface area contributed by atoms with Gasteiger partial charge < -0.3 is 4.74 Å². The van der Waals surface area contributed by atoms with E-state index >= 15 is 0 Å². The van der Waals surface area contributed by atoms with Crippen molar-refractivity contribution in [2.75, 3.05) is 0 Å². The standard InChI is InChI=1S/C26H23N5O.ClH/c1-3-20-15-25(23-13-8-17(2)14-24(23)27-20)32-16-18-9-11-19(12-10-18)21-6-4-5-7-22(21)26-28-30-31-29-26;/h4-15H,3,16H2,1-2H3,(H,28,29,30,31);1H. The first-order valence-corrected chi connectivity index (χ1v) is 10.7. The molecule has 0 aliphatic carbocycles. The van der Waals surface area contributed by atoms with Crippen LogP contribution >= 0.6 is 12.4 Å². The Bertz CT molecular complexity index is 1370. The van der Waals surface area contributed by atoms with E-state index in [0.29, 0.717) is 12.4 Å². The van der Waals surface area contributed by atoms with Crippen molar-refractivity contribution in [2.24, 2.45) is 0 Å². The molecule has 7 heteroatoms. The minimum Gasteiger partial charge on any atom is -0.488 e. The Hall–Kier alpha value is -3.77. The number of pyridine rings is 1. The number of aromatic nitrogens is 5. The minimum absolute atomic E-state index is 0. The van der Waals surface area contributed by atoms with Crippen molar-refractivity contribution in [1.82, 2.24) is 25.6 Å². The molecule has 2 aromatic heterocycles. The van der Waals surface area contributed by atoms with Crippen molar-refractivity contribution >= 4 is 23.3 Å². The fourth-order valence-corrected chi connectivity index (χ4v) is 3.82. The highest BCUT2D eigenvalue weighted by atomic mass is 35.5. The Morgan fingerprint density at radius 2 is 1.70 bits per heavy atom. The summed E-state index contributed by atoms with van der Waals surface area (Å²) in [4.78, 5) is 4.75. The van der Waals surface area contributed by atoms with Crippen LogP contribution in [0.4, 0.5) is 0 Å². The van der Waals surface area contributed by atoms with Gasteiger partial charge >= 0.3 is 0 Å². The smallest absolute Gasteiger partial charge is 0.180 e. The molecule has 1 N–H and O–H groups in total. The van der Waals surface area contributed by atoms with Gasteiger partial charge in [0, 0.05) is 22.7 Å². The van der Waals surface area contributed by atoms with Gasteiger partial charge in [-0.25, -0.2) is 5.10 Å². The molecule has 0 atom stereocenters. The minimum atomic E-state index is 0. The summed E-state index contributed by atoms with van der Waals surface area (Å²) in [6, 6.07) is 24.8. The second-order valence-electron chi connectivity index (χ2n) is 7.77. The lowest BCUT2D eigenvalue weighted by Crippen LogP contribution is -1.99. The molecule has 0 aliphatic rings. The van der Waals surface area contributed by atoms with Gasteiger partial charge in [0.15, 0.2) is 5.82 Å². The SMILES string of the molecule is CCc1cc(OCc2ccc(-c3ccccc3-c3nnn[nH]3)cc2)c2ccc(C)cc2n1.Cl. The normalized spacial score (nSPS) is 10.7. The number of H-pyrrole nitrogens is 1. The molecule has 2 heterocycles. The molecule has 166 valence electrons. The molecule has 0 amide bonds. The maximum atomic E-state index is 6.24. The summed E-state index contributed by atoms with van der Waals surface area (Å²) in [7, 11) is 0. The lowest BCUT2D eigenvalue weighted by molar-refractivity contribution is 0.309. The summed E-state index contributed by atoms with van der Waals surface area (Å²) in [5.74, 6) is 1.53. The average Bonchev–Trinajstić information content (AvgIpc) is 3.37. The van der Waals surface area contributed by atoms with Gasteiger partial charge in [-0.3, -0.25) is 4.98 Å². The summed E-state index contributed by atoms with van der Waals surface area (Å²) in [6.45, 7) is 4.68. The van der Waals surface area contributed by atoms with E-state index in [1.807, 2.05) is 24.3 Å². The second kappa shape index (κ2) is 9.79. The first kappa shape index (κ1) is 22.4. The van der Waals surface area contributed by atoms with Crippen molar-refractivity contribution in [1.29, 1.82) is 0 Å². The highest BCUT2D eigenvalue weighted by Crippen LogP contribution is 2.31. The van der Waals surface area contributed by atoms with Crippen molar-refractivity contribution in [3.8, 4) is 28.3 Å². The van der Waals surface area contributed by atoms with E-state index in [1.54, 1.807) is 0 Å². The first-order chi connectivity index (χ1) is 15.7. The van der Waals surface area contributed by atoms with Crippen LogP contribution in [0.25, 0.3) is 33.4 Å². The van der Waals surface area contributed by atoms with Crippen LogP contribution in [0, 0.1) is 6.92 Å². The molecule has 0 saturated heterocycles. The molecule has 5 rings (SSSR count). The molecule has 0 radical (unpaired) electrons. The number of hydrogen-bond acceptors (Lipinski definition) is 5. The lowest BCUT2D eigenvalue weighted by Gasteiger charge is -2.12. The number of fused-ring (bicyclic) bond motifs is 1. The van der Waals surface area contributed by atoms with E-state index in [0.717, 1.165) is 51.0 Å². The first-order valence-electron chi connectivity index (χ1n) is 10.7. The molecular formula is C26H24ClN5O. The molecule has 0 spiro atoms. The zero-order valence-electron chi connectivity index (χ0n) is 18.4. The van der Waals surface area contributed by atoms with Crippen LogP contribution in [0.3, 0.4) is 0 Å². The highest BCUT2D eigenvalue weighted by Gasteiger charge is 2.11. The van der Waals surface area contributed by atoms with Crippen LogP contribution in [0.2, 0.25) is 0 Å². The third-order valence-corrected chi connectivity index (χ3v) is 5.53. The number of ether oxygens (including phenoxy) is 1. The fourth-order valence-electron chi connectivity index (χ4n) is 3.82. The van der Waals surface area contributed by atoms with Gasteiger partial charge in [0.05, 0.1) is 5.52 Å². The van der Waals surface area contributed by atoms with Crippen molar-refractivity contribution < 1.29 is 4.74 Å². The molecule has 3 aromatic carbocycles. The molecule has 0 bridgehead atoms. The summed E-state index contributed by atoms with van der Waals surface area (Å²) in [5.41, 5.74) is 7.44. The van der Waals surface area contributed by atoms with Gasteiger partial charge in [0.2, 0.25) is 0 Å². The Balaban J connectivity index is 0.00000259. The molecule has 6 nitrogen and oxygen atoms in total. The van der Waals surface area contributed by atoms with E-state index in [9.17, 15) is 0 Å². The zero-order valence-corrected chi connectivity index (χ0v) is 19.3. The molecular weight excluding hydrogens is 434 g/mol. The fraction of sp³-hybridized carbons (Fsp3) is 0.154. The largest absolute Gasteiger partial charge is 0.488 e. The molecule has 33 heavy (non-hydrogen) atoms. The quantitative estimate of drug-likeness (QED) is 0.340. The van der Waals surface area contributed by atoms with Crippen LogP contribution in [-0.2, 0) is 13.0 Å². The maximum absolute atomic E-state index is 6.24. The summed E-state index contributed by atoms with van der Waals surface area (Å²) >= 11 is 0. The highest BCUT2D eigenvalue weighted by molar-refractivity contribution is 5.86. The number of rotatable bonds is 6. The van der Waals surface area contributed by atoms with Crippen molar-refractivity contribution in [3.63, 3.8) is 0 Å². The molecule has 0 fully saturated rings. The molecule has 0 unspecified atom stereocenters. The zero-order chi connectivity index (χ0) is 21.9. The Labute approximate surface area is 198 Å². The van der Waals surface area contributed by atoms with Gasteiger partial charge in [-0.05, 0) is 58.2 Å². The third-order valence-electron chi connectivity index (χ3n) is 5.53. The van der Waals surface area contributed by atoms with E-state index in [4.69, 9.17) is 9.72 Å². The number of nitrogens with one attached hydrogen (secondary N) is 1. The summed E-state index contributed by atoms with van der Waals surface area (Å²) in [5, 5.41) is 15.3. The number of nitrogens with zero attached hydrogens (tertiary/aromatic N) is 4. The Kier molecular flexibility index (Phi) is 6.66. The number of tetrazole rings is 1. The monoisotopic (exact) mass is 457 g/mol. The van der Waals surface area contributed by atoms with Gasteiger partial charge in [0.25, 0.3) is 0 Å². The number of benzene rings is 3. The second-order valence-corrected chi connectivity index (χ2v) is 7.77. The van der Waals surface area contributed by atoms with E-state index in [-0.39, 0.29) is 12.4 Å². The van der Waals surface area contributed by atoms with Gasteiger partial charge in [-0.1, -0.05) is 61.5 Å². The van der Waals surface area contributed by atoms with Crippen LogP contribution in [0.5, 0.6) is 5.75 Å². The van der Waals surface area contributed by atoms with Crippen LogP contribution in [-0.4, -0.2) is 25.6 Å². The van der Waals surface area contributed by atoms with Gasteiger partial charge in [-0.15, -0.1) is 17.5 Å². The van der Waals surface area contributed by atoms with Crippen LogP contribution in [0.1, 0.15) is 23.7 Å². The Morgan fingerprint density at radius 1 is 0.909 bits per heavy atom. The van der Waals surface area contributed by atoms with Crippen molar-refractivity contribution in [3.05, 3.63) is 89.6 Å². The predicted molar refractivity (Wildman–Crippen MR) is 132 cm³/mol. The number of aromatic amines is 1. The van der Waals surface area contributed by atoms with Gasteiger partial charge in [0.1, 0.15) is 12.4 Å². The van der Waals surface area contributed by atoms with Crippen LogP contribution in [0.15, 0.2) is 72.8 Å². The maximum Gasteiger partial charge on any atom is 0.180 e. The van der Waals surface area contributed by atoms with E-state index < -0.39 is 0 Å². The molecule has 0 aliphatic heterocycles. The van der Waals surface area contributed by atoms with E-state index in [2.05, 4.69) is 83.0 Å².